The molecule has 4 nitrogen and oxygen atoms in total. The Morgan fingerprint density at radius 1 is 1.28 bits per heavy atom. The number of hydrogen-bond acceptors (Lipinski definition) is 4. The molecule has 2 rings (SSSR count). The SMILES string of the molecule is COC(=O)c1cc(Cl)nc(-c2cccc(C)c2)n1. The molecule has 0 aliphatic carbocycles. The molecule has 0 radical (unpaired) electrons. The van der Waals surface area contributed by atoms with Gasteiger partial charge in [-0.15, -0.1) is 0 Å². The van der Waals surface area contributed by atoms with Crippen molar-refractivity contribution in [3.8, 4) is 11.4 Å². The Bertz CT molecular complexity index is 599. The molecule has 0 atom stereocenters. The van der Waals surface area contributed by atoms with Gasteiger partial charge in [-0.3, -0.25) is 0 Å². The van der Waals surface area contributed by atoms with Gasteiger partial charge < -0.3 is 4.74 Å². The minimum absolute atomic E-state index is 0.147. The zero-order valence-corrected chi connectivity index (χ0v) is 10.7. The Kier molecular flexibility index (Phi) is 3.58. The number of benzene rings is 1. The first kappa shape index (κ1) is 12.5. The van der Waals surface area contributed by atoms with E-state index < -0.39 is 5.97 Å². The fourth-order valence-corrected chi connectivity index (χ4v) is 1.72. The number of aryl methyl sites for hydroxylation is 1. The van der Waals surface area contributed by atoms with Gasteiger partial charge in [-0.2, -0.15) is 0 Å². The molecule has 1 heterocycles. The van der Waals surface area contributed by atoms with Gasteiger partial charge in [0.15, 0.2) is 11.5 Å². The van der Waals surface area contributed by atoms with E-state index in [2.05, 4.69) is 14.7 Å². The van der Waals surface area contributed by atoms with Crippen molar-refractivity contribution in [2.45, 2.75) is 6.92 Å². The predicted molar refractivity (Wildman–Crippen MR) is 68.6 cm³/mol. The molecule has 2 aromatic rings. The van der Waals surface area contributed by atoms with E-state index in [1.165, 1.54) is 13.2 Å². The maximum atomic E-state index is 11.4. The number of rotatable bonds is 2. The molecule has 0 N–H and O–H groups in total. The van der Waals surface area contributed by atoms with E-state index in [-0.39, 0.29) is 10.8 Å². The van der Waals surface area contributed by atoms with E-state index in [4.69, 9.17) is 11.6 Å². The largest absolute Gasteiger partial charge is 0.464 e. The third-order valence-corrected chi connectivity index (χ3v) is 2.56. The number of carbonyl (C=O) groups excluding carboxylic acids is 1. The molecule has 0 fully saturated rings. The molecule has 0 saturated carbocycles. The minimum atomic E-state index is -0.534. The highest BCUT2D eigenvalue weighted by atomic mass is 35.5. The van der Waals surface area contributed by atoms with E-state index in [1.807, 2.05) is 31.2 Å². The van der Waals surface area contributed by atoms with Crippen LogP contribution in [0.5, 0.6) is 0 Å². The fourth-order valence-electron chi connectivity index (χ4n) is 1.54. The van der Waals surface area contributed by atoms with Crippen LogP contribution in [-0.4, -0.2) is 23.0 Å². The van der Waals surface area contributed by atoms with Gasteiger partial charge in [0.2, 0.25) is 0 Å². The summed E-state index contributed by atoms with van der Waals surface area (Å²) < 4.78 is 4.62. The van der Waals surface area contributed by atoms with E-state index in [9.17, 15) is 4.79 Å². The van der Waals surface area contributed by atoms with Crippen LogP contribution >= 0.6 is 11.6 Å². The first-order valence-corrected chi connectivity index (χ1v) is 5.68. The number of ether oxygens (including phenoxy) is 1. The summed E-state index contributed by atoms with van der Waals surface area (Å²) >= 11 is 5.88. The van der Waals surface area contributed by atoms with Crippen molar-refractivity contribution in [1.29, 1.82) is 0 Å². The van der Waals surface area contributed by atoms with Crippen molar-refractivity contribution in [3.05, 3.63) is 46.7 Å². The number of halogens is 1. The highest BCUT2D eigenvalue weighted by Gasteiger charge is 2.12. The molecule has 0 bridgehead atoms. The highest BCUT2D eigenvalue weighted by molar-refractivity contribution is 6.29. The molecule has 0 aliphatic rings. The first-order chi connectivity index (χ1) is 8.60. The maximum absolute atomic E-state index is 11.4. The predicted octanol–water partition coefficient (Wildman–Crippen LogP) is 2.89. The monoisotopic (exact) mass is 262 g/mol. The van der Waals surface area contributed by atoms with Crippen LogP contribution in [0.1, 0.15) is 16.1 Å². The van der Waals surface area contributed by atoms with Gasteiger partial charge in [-0.1, -0.05) is 35.4 Å². The number of nitrogens with zero attached hydrogens (tertiary/aromatic N) is 2. The number of aromatic nitrogens is 2. The van der Waals surface area contributed by atoms with Gasteiger partial charge in [0.25, 0.3) is 0 Å². The van der Waals surface area contributed by atoms with Crippen molar-refractivity contribution in [1.82, 2.24) is 9.97 Å². The van der Waals surface area contributed by atoms with Crippen LogP contribution < -0.4 is 0 Å². The second-order valence-corrected chi connectivity index (χ2v) is 4.15. The van der Waals surface area contributed by atoms with E-state index >= 15 is 0 Å². The van der Waals surface area contributed by atoms with Crippen LogP contribution in [-0.2, 0) is 4.74 Å². The summed E-state index contributed by atoms with van der Waals surface area (Å²) in [6.45, 7) is 1.97. The second kappa shape index (κ2) is 5.14. The van der Waals surface area contributed by atoms with E-state index in [0.717, 1.165) is 11.1 Å². The molecular formula is C13H11ClN2O2. The van der Waals surface area contributed by atoms with Gasteiger partial charge in [0.05, 0.1) is 7.11 Å². The van der Waals surface area contributed by atoms with Crippen LogP contribution in [0.25, 0.3) is 11.4 Å². The van der Waals surface area contributed by atoms with Crippen LogP contribution in [0.4, 0.5) is 0 Å². The van der Waals surface area contributed by atoms with Crippen molar-refractivity contribution < 1.29 is 9.53 Å². The molecule has 0 unspecified atom stereocenters. The molecular weight excluding hydrogens is 252 g/mol. The maximum Gasteiger partial charge on any atom is 0.356 e. The van der Waals surface area contributed by atoms with Gasteiger partial charge >= 0.3 is 5.97 Å². The molecule has 0 aliphatic heterocycles. The Hall–Kier alpha value is -1.94. The van der Waals surface area contributed by atoms with Crippen molar-refractivity contribution in [2.75, 3.05) is 7.11 Å². The molecule has 5 heteroatoms. The third-order valence-electron chi connectivity index (χ3n) is 2.37. The minimum Gasteiger partial charge on any atom is -0.464 e. The quantitative estimate of drug-likeness (QED) is 0.617. The van der Waals surface area contributed by atoms with E-state index in [1.54, 1.807) is 0 Å². The lowest BCUT2D eigenvalue weighted by Gasteiger charge is -2.04. The fraction of sp³-hybridized carbons (Fsp3) is 0.154. The molecule has 0 amide bonds. The molecule has 92 valence electrons. The Morgan fingerprint density at radius 2 is 2.06 bits per heavy atom. The lowest BCUT2D eigenvalue weighted by Crippen LogP contribution is -2.06. The molecule has 1 aromatic heterocycles. The Labute approximate surface area is 110 Å². The van der Waals surface area contributed by atoms with Crippen LogP contribution in [0.15, 0.2) is 30.3 Å². The molecule has 0 saturated heterocycles. The Morgan fingerprint density at radius 3 is 2.72 bits per heavy atom. The van der Waals surface area contributed by atoms with Crippen molar-refractivity contribution in [2.24, 2.45) is 0 Å². The Balaban J connectivity index is 2.51. The van der Waals surface area contributed by atoms with Crippen molar-refractivity contribution in [3.63, 3.8) is 0 Å². The summed E-state index contributed by atoms with van der Waals surface area (Å²) in [6.07, 6.45) is 0. The van der Waals surface area contributed by atoms with Gasteiger partial charge in [-0.25, -0.2) is 14.8 Å². The molecule has 0 spiro atoms. The van der Waals surface area contributed by atoms with E-state index in [0.29, 0.717) is 5.82 Å². The topological polar surface area (TPSA) is 52.1 Å². The van der Waals surface area contributed by atoms with Crippen LogP contribution in [0.2, 0.25) is 5.15 Å². The lowest BCUT2D eigenvalue weighted by molar-refractivity contribution is 0.0594. The van der Waals surface area contributed by atoms with Gasteiger partial charge in [0, 0.05) is 11.6 Å². The zero-order chi connectivity index (χ0) is 13.1. The van der Waals surface area contributed by atoms with Crippen molar-refractivity contribution >= 4 is 17.6 Å². The summed E-state index contributed by atoms with van der Waals surface area (Å²) in [7, 11) is 1.30. The summed E-state index contributed by atoms with van der Waals surface area (Å²) in [5.41, 5.74) is 2.03. The highest BCUT2D eigenvalue weighted by Crippen LogP contribution is 2.19. The molecule has 18 heavy (non-hydrogen) atoms. The second-order valence-electron chi connectivity index (χ2n) is 3.76. The van der Waals surface area contributed by atoms with Crippen LogP contribution in [0.3, 0.4) is 0 Å². The smallest absolute Gasteiger partial charge is 0.356 e. The average molecular weight is 263 g/mol. The summed E-state index contributed by atoms with van der Waals surface area (Å²) in [5.74, 6) is -0.125. The van der Waals surface area contributed by atoms with Gasteiger partial charge in [0.1, 0.15) is 5.15 Å². The summed E-state index contributed by atoms with van der Waals surface area (Å²) in [4.78, 5) is 19.7. The number of carbonyl (C=O) groups is 1. The average Bonchev–Trinajstić information content (AvgIpc) is 2.37. The van der Waals surface area contributed by atoms with Gasteiger partial charge in [-0.05, 0) is 13.0 Å². The number of methoxy groups -OCH3 is 1. The number of esters is 1. The zero-order valence-electron chi connectivity index (χ0n) is 9.98. The number of hydrogen-bond donors (Lipinski definition) is 0. The van der Waals surface area contributed by atoms with Crippen LogP contribution in [0, 0.1) is 6.92 Å². The summed E-state index contributed by atoms with van der Waals surface area (Å²) in [5, 5.41) is 0.210. The first-order valence-electron chi connectivity index (χ1n) is 5.30. The lowest BCUT2D eigenvalue weighted by atomic mass is 10.1. The molecule has 1 aromatic carbocycles. The third kappa shape index (κ3) is 2.65. The standard InChI is InChI=1S/C13H11ClN2O2/c1-8-4-3-5-9(6-8)12-15-10(13(17)18-2)7-11(14)16-12/h3-7H,1-2H3. The normalized spacial score (nSPS) is 10.2. The summed E-state index contributed by atoms with van der Waals surface area (Å²) in [6, 6.07) is 9.03.